The number of Topliss-reactive ketones (excluding diaryl/α,β-unsaturated/α-hetero) is 1. The van der Waals surface area contributed by atoms with E-state index in [1.807, 2.05) is 24.3 Å². The molecule has 0 bridgehead atoms. The molecule has 1 aliphatic heterocycles. The van der Waals surface area contributed by atoms with Crippen molar-refractivity contribution in [2.75, 3.05) is 13.2 Å². The molecule has 140 valence electrons. The van der Waals surface area contributed by atoms with Crippen LogP contribution in [0.25, 0.3) is 0 Å². The van der Waals surface area contributed by atoms with Gasteiger partial charge in [0, 0.05) is 29.5 Å². The molecule has 2 aromatic rings. The normalized spacial score (nSPS) is 14.3. The largest absolute Gasteiger partial charge is 0.382 e. The lowest BCUT2D eigenvalue weighted by atomic mass is 9.98. The third kappa shape index (κ3) is 5.45. The molecule has 4 nitrogen and oxygen atoms in total. The molecule has 27 heavy (non-hydrogen) atoms. The average molecular weight is 401 g/mol. The van der Waals surface area contributed by atoms with E-state index in [-0.39, 0.29) is 12.4 Å². The van der Waals surface area contributed by atoms with Crippen molar-refractivity contribution in [2.24, 2.45) is 0 Å². The number of carbonyl (C=O) groups is 1. The highest BCUT2D eigenvalue weighted by molar-refractivity contribution is 7.81. The van der Waals surface area contributed by atoms with Gasteiger partial charge in [-0.15, -0.1) is 0 Å². The number of nitrogens with zero attached hydrogens (tertiary/aromatic N) is 1. The second-order valence-electron chi connectivity index (χ2n) is 6.35. The minimum Gasteiger partial charge on any atom is -0.382 e. The van der Waals surface area contributed by atoms with E-state index in [1.165, 1.54) is 5.56 Å². The smallest absolute Gasteiger partial charge is 0.191 e. The first-order valence-corrected chi connectivity index (χ1v) is 9.67. The van der Waals surface area contributed by atoms with Gasteiger partial charge in [-0.25, -0.2) is 0 Å². The molecule has 0 unspecified atom stereocenters. The highest BCUT2D eigenvalue weighted by atomic mass is 35.5. The quantitative estimate of drug-likeness (QED) is 0.677. The minimum absolute atomic E-state index is 0.0608. The monoisotopic (exact) mass is 400 g/mol. The van der Waals surface area contributed by atoms with Crippen molar-refractivity contribution in [3.8, 4) is 0 Å². The standard InChI is InChI=1S/C21H21ClN2O2S/c22-17-12-23-10-9-16(17)11-24-18-13-26-14-19(25)21(18)20(27)8-4-7-15-5-2-1-3-6-15/h1-3,5-6,9-10,12,24H,4,7-8,11,13-14H2. The van der Waals surface area contributed by atoms with Crippen LogP contribution in [0.4, 0.5) is 0 Å². The highest BCUT2D eigenvalue weighted by Crippen LogP contribution is 2.19. The zero-order chi connectivity index (χ0) is 19.1. The van der Waals surface area contributed by atoms with Crippen LogP contribution in [-0.4, -0.2) is 28.8 Å². The fraction of sp³-hybridized carbons (Fsp3) is 0.286. The van der Waals surface area contributed by atoms with Crippen molar-refractivity contribution < 1.29 is 9.53 Å². The lowest BCUT2D eigenvalue weighted by molar-refractivity contribution is -0.120. The molecular weight excluding hydrogens is 380 g/mol. The summed E-state index contributed by atoms with van der Waals surface area (Å²) in [6, 6.07) is 12.1. The lowest BCUT2D eigenvalue weighted by Gasteiger charge is -2.22. The molecule has 6 heteroatoms. The van der Waals surface area contributed by atoms with Crippen LogP contribution in [0.15, 0.2) is 60.1 Å². The number of rotatable bonds is 8. The SMILES string of the molecule is O=C1COCC(NCc2ccncc2Cl)=C1C(=S)CCCc1ccccc1. The first-order chi connectivity index (χ1) is 13.1. The van der Waals surface area contributed by atoms with Crippen LogP contribution in [0.5, 0.6) is 0 Å². The number of thiocarbonyl (C=S) groups is 1. The number of halogens is 1. The first kappa shape index (κ1) is 19.7. The third-order valence-electron chi connectivity index (χ3n) is 4.40. The van der Waals surface area contributed by atoms with Gasteiger partial charge in [0.25, 0.3) is 0 Å². The number of benzene rings is 1. The number of nitrogens with one attached hydrogen (secondary N) is 1. The van der Waals surface area contributed by atoms with Gasteiger partial charge >= 0.3 is 0 Å². The maximum Gasteiger partial charge on any atom is 0.191 e. The summed E-state index contributed by atoms with van der Waals surface area (Å²) >= 11 is 11.7. The highest BCUT2D eigenvalue weighted by Gasteiger charge is 2.24. The van der Waals surface area contributed by atoms with Crippen LogP contribution < -0.4 is 5.32 Å². The van der Waals surface area contributed by atoms with E-state index in [4.69, 9.17) is 28.6 Å². The Morgan fingerprint density at radius 2 is 2.04 bits per heavy atom. The summed E-state index contributed by atoms with van der Waals surface area (Å²) in [7, 11) is 0. The lowest BCUT2D eigenvalue weighted by Crippen LogP contribution is -2.32. The van der Waals surface area contributed by atoms with Gasteiger partial charge in [-0.3, -0.25) is 9.78 Å². The Morgan fingerprint density at radius 3 is 2.81 bits per heavy atom. The number of aryl methyl sites for hydroxylation is 1. The number of aromatic nitrogens is 1. The molecule has 0 amide bonds. The Labute approximate surface area is 169 Å². The molecule has 0 saturated heterocycles. The predicted molar refractivity (Wildman–Crippen MR) is 111 cm³/mol. The van der Waals surface area contributed by atoms with Gasteiger partial charge in [-0.05, 0) is 36.5 Å². The van der Waals surface area contributed by atoms with Crippen LogP contribution in [0.3, 0.4) is 0 Å². The first-order valence-electron chi connectivity index (χ1n) is 8.88. The average Bonchev–Trinajstić information content (AvgIpc) is 2.68. The zero-order valence-electron chi connectivity index (χ0n) is 14.9. The van der Waals surface area contributed by atoms with Gasteiger partial charge in [0.1, 0.15) is 6.61 Å². The summed E-state index contributed by atoms with van der Waals surface area (Å²) in [5, 5.41) is 3.87. The third-order valence-corrected chi connectivity index (χ3v) is 5.15. The molecular formula is C21H21ClN2O2S. The molecule has 1 aromatic heterocycles. The topological polar surface area (TPSA) is 51.2 Å². The second kappa shape index (κ2) is 9.74. The Balaban J connectivity index is 1.65. The molecule has 0 saturated carbocycles. The van der Waals surface area contributed by atoms with Crippen LogP contribution in [0, 0.1) is 0 Å². The number of hydrogen-bond acceptors (Lipinski definition) is 5. The molecule has 0 spiro atoms. The van der Waals surface area contributed by atoms with E-state index < -0.39 is 0 Å². The molecule has 0 aliphatic carbocycles. The predicted octanol–water partition coefficient (Wildman–Crippen LogP) is 4.07. The van der Waals surface area contributed by atoms with Crippen LogP contribution >= 0.6 is 23.8 Å². The van der Waals surface area contributed by atoms with Crippen molar-refractivity contribution >= 4 is 34.5 Å². The Bertz CT molecular complexity index is 852. The fourth-order valence-corrected chi connectivity index (χ4v) is 3.56. The summed E-state index contributed by atoms with van der Waals surface area (Å²) in [4.78, 5) is 17.1. The molecule has 1 aliphatic rings. The van der Waals surface area contributed by atoms with Gasteiger partial charge in [0.15, 0.2) is 5.78 Å². The van der Waals surface area contributed by atoms with E-state index in [9.17, 15) is 4.79 Å². The zero-order valence-corrected chi connectivity index (χ0v) is 16.5. The second-order valence-corrected chi connectivity index (χ2v) is 7.25. The van der Waals surface area contributed by atoms with Gasteiger partial charge in [-0.1, -0.05) is 54.2 Å². The van der Waals surface area contributed by atoms with E-state index >= 15 is 0 Å². The van der Waals surface area contributed by atoms with E-state index in [0.29, 0.717) is 35.0 Å². The minimum atomic E-state index is -0.0608. The van der Waals surface area contributed by atoms with Crippen molar-refractivity contribution in [1.82, 2.24) is 10.3 Å². The van der Waals surface area contributed by atoms with Crippen molar-refractivity contribution in [2.45, 2.75) is 25.8 Å². The van der Waals surface area contributed by atoms with Crippen molar-refractivity contribution in [3.63, 3.8) is 0 Å². The maximum absolute atomic E-state index is 12.4. The van der Waals surface area contributed by atoms with Crippen LogP contribution in [-0.2, 0) is 22.5 Å². The van der Waals surface area contributed by atoms with Gasteiger partial charge in [-0.2, -0.15) is 0 Å². The van der Waals surface area contributed by atoms with Crippen molar-refractivity contribution in [3.05, 3.63) is 76.2 Å². The van der Waals surface area contributed by atoms with Crippen LogP contribution in [0.1, 0.15) is 24.0 Å². The van der Waals surface area contributed by atoms with Gasteiger partial charge in [0.05, 0.1) is 17.2 Å². The number of hydrogen-bond donors (Lipinski definition) is 1. The molecule has 0 radical (unpaired) electrons. The van der Waals surface area contributed by atoms with E-state index in [1.54, 1.807) is 12.4 Å². The molecule has 1 N–H and O–H groups in total. The van der Waals surface area contributed by atoms with E-state index in [0.717, 1.165) is 24.1 Å². The summed E-state index contributed by atoms with van der Waals surface area (Å²) < 4.78 is 5.39. The Kier molecular flexibility index (Phi) is 7.10. The number of ketones is 1. The summed E-state index contributed by atoms with van der Waals surface area (Å²) in [5.41, 5.74) is 3.53. The summed E-state index contributed by atoms with van der Waals surface area (Å²) in [6.45, 7) is 0.918. The number of carbonyl (C=O) groups excluding carboxylic acids is 1. The molecule has 2 heterocycles. The molecule has 1 aromatic carbocycles. The molecule has 3 rings (SSSR count). The number of pyridine rings is 1. The fourth-order valence-electron chi connectivity index (χ4n) is 2.99. The molecule has 0 fully saturated rings. The van der Waals surface area contributed by atoms with E-state index in [2.05, 4.69) is 22.4 Å². The van der Waals surface area contributed by atoms with Crippen LogP contribution in [0.2, 0.25) is 5.02 Å². The van der Waals surface area contributed by atoms with Crippen molar-refractivity contribution in [1.29, 1.82) is 0 Å². The van der Waals surface area contributed by atoms with Gasteiger partial charge < -0.3 is 10.1 Å². The Morgan fingerprint density at radius 1 is 1.22 bits per heavy atom. The van der Waals surface area contributed by atoms with Gasteiger partial charge in [0.2, 0.25) is 0 Å². The number of ether oxygens (including phenoxy) is 1. The maximum atomic E-state index is 12.4. The summed E-state index contributed by atoms with van der Waals surface area (Å²) in [5.74, 6) is -0.0608. The Hall–Kier alpha value is -2.08. The summed E-state index contributed by atoms with van der Waals surface area (Å²) in [6.07, 6.45) is 5.84. The molecule has 0 atom stereocenters.